The summed E-state index contributed by atoms with van der Waals surface area (Å²) in [5, 5.41) is 8.64. The Labute approximate surface area is 245 Å². The number of benzene rings is 3. The zero-order chi connectivity index (χ0) is 27.7. The Morgan fingerprint density at radius 2 is 1.60 bits per heavy atom. The third-order valence-electron chi connectivity index (χ3n) is 6.82. The second-order valence-corrected chi connectivity index (χ2v) is 12.6. The molecule has 1 saturated heterocycles. The van der Waals surface area contributed by atoms with Gasteiger partial charge in [0.1, 0.15) is 17.3 Å². The van der Waals surface area contributed by atoms with Crippen molar-refractivity contribution in [2.75, 3.05) is 18.4 Å². The number of sulfonamides is 1. The molecule has 0 amide bonds. The summed E-state index contributed by atoms with van der Waals surface area (Å²) in [5.74, 6) is 2.04. The molecule has 3 aromatic carbocycles. The van der Waals surface area contributed by atoms with Gasteiger partial charge in [0.05, 0.1) is 21.3 Å². The van der Waals surface area contributed by atoms with Gasteiger partial charge in [-0.15, -0.1) is 0 Å². The Morgan fingerprint density at radius 3 is 2.33 bits per heavy atom. The fourth-order valence-electron chi connectivity index (χ4n) is 4.75. The van der Waals surface area contributed by atoms with Gasteiger partial charge in [-0.2, -0.15) is 13.9 Å². The molecule has 0 bridgehead atoms. The molecule has 0 radical (unpaired) electrons. The van der Waals surface area contributed by atoms with Crippen molar-refractivity contribution in [1.82, 2.24) is 18.9 Å². The van der Waals surface area contributed by atoms with E-state index >= 15 is 0 Å². The lowest BCUT2D eigenvalue weighted by Crippen LogP contribution is -2.42. The smallest absolute Gasteiger partial charge is 0.243 e. The van der Waals surface area contributed by atoms with Gasteiger partial charge in [0.25, 0.3) is 0 Å². The molecule has 8 nitrogen and oxygen atoms in total. The van der Waals surface area contributed by atoms with Gasteiger partial charge in [-0.05, 0) is 71.2 Å². The van der Waals surface area contributed by atoms with E-state index in [0.717, 1.165) is 21.5 Å². The minimum Gasteiger partial charge on any atom is -0.457 e. The van der Waals surface area contributed by atoms with Crippen LogP contribution in [0.15, 0.2) is 100 Å². The monoisotopic (exact) mass is 637 g/mol. The summed E-state index contributed by atoms with van der Waals surface area (Å²) in [5.41, 5.74) is 2.21. The van der Waals surface area contributed by atoms with Gasteiger partial charge >= 0.3 is 0 Å². The average Bonchev–Trinajstić information content (AvgIpc) is 3.35. The predicted molar refractivity (Wildman–Crippen MR) is 159 cm³/mol. The molecule has 1 aliphatic heterocycles. The molecule has 5 aromatic rings. The first-order chi connectivity index (χ1) is 19.4. The van der Waals surface area contributed by atoms with E-state index in [1.165, 1.54) is 0 Å². The number of rotatable bonds is 7. The summed E-state index contributed by atoms with van der Waals surface area (Å²) >= 11 is 9.99. The average molecular weight is 639 g/mol. The van der Waals surface area contributed by atoms with Crippen molar-refractivity contribution < 1.29 is 13.2 Å². The first-order valence-electron chi connectivity index (χ1n) is 12.8. The standard InChI is InChI=1S/C29H25BrClN5O3S/c30-25-19-32-36-28(18-27(34-29(25)36)24-8-4-5-9-26(24)31)33-20-14-16-35(17-15-20)40(37,38)23-12-10-22(11-13-23)39-21-6-2-1-3-7-21/h1-13,18-20,33H,14-17H2. The minimum absolute atomic E-state index is 0.0563. The van der Waals surface area contributed by atoms with E-state index in [4.69, 9.17) is 21.3 Å². The van der Waals surface area contributed by atoms with Gasteiger partial charge in [0.2, 0.25) is 10.0 Å². The van der Waals surface area contributed by atoms with Gasteiger partial charge < -0.3 is 10.1 Å². The maximum absolute atomic E-state index is 13.4. The highest BCUT2D eigenvalue weighted by molar-refractivity contribution is 9.10. The van der Waals surface area contributed by atoms with Gasteiger partial charge in [-0.1, -0.05) is 48.0 Å². The highest BCUT2D eigenvalue weighted by Crippen LogP contribution is 2.32. The zero-order valence-electron chi connectivity index (χ0n) is 21.2. The van der Waals surface area contributed by atoms with E-state index in [1.54, 1.807) is 39.3 Å². The maximum atomic E-state index is 13.4. The number of nitrogens with one attached hydrogen (secondary N) is 1. The lowest BCUT2D eigenvalue weighted by atomic mass is 10.1. The number of ether oxygens (including phenoxy) is 1. The van der Waals surface area contributed by atoms with Crippen LogP contribution in [0.5, 0.6) is 11.5 Å². The normalized spacial score (nSPS) is 14.8. The molecule has 0 spiro atoms. The number of halogens is 2. The summed E-state index contributed by atoms with van der Waals surface area (Å²) in [7, 11) is -3.63. The van der Waals surface area contributed by atoms with Crippen LogP contribution in [-0.4, -0.2) is 46.5 Å². The van der Waals surface area contributed by atoms with Gasteiger partial charge in [-0.3, -0.25) is 0 Å². The Kier molecular flexibility index (Phi) is 7.50. The molecule has 6 rings (SSSR count). The Bertz CT molecular complexity index is 1760. The molecule has 2 aromatic heterocycles. The van der Waals surface area contributed by atoms with Crippen LogP contribution in [0.4, 0.5) is 5.82 Å². The van der Waals surface area contributed by atoms with Crippen molar-refractivity contribution in [2.24, 2.45) is 0 Å². The number of nitrogens with zero attached hydrogens (tertiary/aromatic N) is 4. The van der Waals surface area contributed by atoms with E-state index in [9.17, 15) is 8.42 Å². The molecule has 1 N–H and O–H groups in total. The minimum atomic E-state index is -3.63. The number of anilines is 1. The van der Waals surface area contributed by atoms with Crippen molar-refractivity contribution in [3.05, 3.63) is 101 Å². The van der Waals surface area contributed by atoms with E-state index in [1.807, 2.05) is 60.7 Å². The van der Waals surface area contributed by atoms with Gasteiger partial charge in [0, 0.05) is 35.8 Å². The largest absolute Gasteiger partial charge is 0.457 e. The lowest BCUT2D eigenvalue weighted by Gasteiger charge is -2.32. The van der Waals surface area contributed by atoms with Crippen molar-refractivity contribution in [2.45, 2.75) is 23.8 Å². The van der Waals surface area contributed by atoms with Crippen molar-refractivity contribution in [1.29, 1.82) is 0 Å². The number of para-hydroxylation sites is 1. The second-order valence-electron chi connectivity index (χ2n) is 9.44. The number of aromatic nitrogens is 3. The quantitative estimate of drug-likeness (QED) is 0.209. The molecule has 11 heteroatoms. The molecule has 1 aliphatic rings. The van der Waals surface area contributed by atoms with E-state index in [0.29, 0.717) is 48.1 Å². The first-order valence-corrected chi connectivity index (χ1v) is 15.4. The fourth-order valence-corrected chi connectivity index (χ4v) is 6.80. The highest BCUT2D eigenvalue weighted by Gasteiger charge is 2.30. The van der Waals surface area contributed by atoms with Gasteiger partial charge in [0.15, 0.2) is 5.65 Å². The molecule has 1 fully saturated rings. The van der Waals surface area contributed by atoms with Crippen LogP contribution in [0.3, 0.4) is 0 Å². The molecule has 3 heterocycles. The molecular formula is C29H25BrClN5O3S. The molecule has 0 unspecified atom stereocenters. The molecule has 40 heavy (non-hydrogen) atoms. The Hall–Kier alpha value is -3.44. The Balaban J connectivity index is 1.16. The fraction of sp³-hybridized carbons (Fsp3) is 0.172. The molecular weight excluding hydrogens is 614 g/mol. The second kappa shape index (κ2) is 11.2. The zero-order valence-corrected chi connectivity index (χ0v) is 24.4. The topological polar surface area (TPSA) is 88.8 Å². The van der Waals surface area contributed by atoms with Crippen LogP contribution >= 0.6 is 27.5 Å². The lowest BCUT2D eigenvalue weighted by molar-refractivity contribution is 0.329. The van der Waals surface area contributed by atoms with Crippen LogP contribution in [-0.2, 0) is 10.0 Å². The van der Waals surface area contributed by atoms with Crippen LogP contribution < -0.4 is 10.1 Å². The maximum Gasteiger partial charge on any atom is 0.243 e. The first kappa shape index (κ1) is 26.8. The molecule has 0 atom stereocenters. The van der Waals surface area contributed by atoms with Crippen molar-refractivity contribution >= 4 is 49.0 Å². The van der Waals surface area contributed by atoms with Crippen molar-refractivity contribution in [3.63, 3.8) is 0 Å². The molecule has 0 aliphatic carbocycles. The summed E-state index contributed by atoms with van der Waals surface area (Å²) in [6.45, 7) is 0.799. The highest BCUT2D eigenvalue weighted by atomic mass is 79.9. The summed E-state index contributed by atoms with van der Waals surface area (Å²) in [6.07, 6.45) is 2.99. The molecule has 204 valence electrons. The van der Waals surface area contributed by atoms with Crippen LogP contribution in [0.25, 0.3) is 16.9 Å². The predicted octanol–water partition coefficient (Wildman–Crippen LogP) is 6.87. The van der Waals surface area contributed by atoms with E-state index in [-0.39, 0.29) is 10.9 Å². The number of fused-ring (bicyclic) bond motifs is 1. The summed E-state index contributed by atoms with van der Waals surface area (Å²) < 4.78 is 36.6. The number of hydrogen-bond donors (Lipinski definition) is 1. The molecule has 0 saturated carbocycles. The van der Waals surface area contributed by atoms with Crippen molar-refractivity contribution in [3.8, 4) is 22.8 Å². The number of piperidine rings is 1. The third-order valence-corrected chi connectivity index (χ3v) is 9.63. The number of hydrogen-bond acceptors (Lipinski definition) is 6. The Morgan fingerprint density at radius 1 is 0.925 bits per heavy atom. The van der Waals surface area contributed by atoms with Crippen LogP contribution in [0.2, 0.25) is 5.02 Å². The third kappa shape index (κ3) is 5.44. The van der Waals surface area contributed by atoms with E-state index < -0.39 is 10.0 Å². The summed E-state index contributed by atoms with van der Waals surface area (Å²) in [4.78, 5) is 5.01. The SMILES string of the molecule is O=S(=O)(c1ccc(Oc2ccccc2)cc1)N1CCC(Nc2cc(-c3ccccc3Cl)nc3c(Br)cnn23)CC1. The van der Waals surface area contributed by atoms with Gasteiger partial charge in [-0.25, -0.2) is 13.4 Å². The van der Waals surface area contributed by atoms with E-state index in [2.05, 4.69) is 26.3 Å². The van der Waals surface area contributed by atoms with Crippen LogP contribution in [0.1, 0.15) is 12.8 Å². The summed E-state index contributed by atoms with van der Waals surface area (Å²) in [6, 6.07) is 25.5. The van der Waals surface area contributed by atoms with Crippen LogP contribution in [0, 0.1) is 0 Å².